The van der Waals surface area contributed by atoms with E-state index in [1.165, 1.54) is 18.4 Å². The lowest BCUT2D eigenvalue weighted by molar-refractivity contribution is -0.705. The summed E-state index contributed by atoms with van der Waals surface area (Å²) in [5, 5.41) is 0. The minimum atomic E-state index is -6.33. The highest BCUT2D eigenvalue weighted by molar-refractivity contribution is 7.95. The summed E-state index contributed by atoms with van der Waals surface area (Å²) in [6.45, 7) is 8.04. The van der Waals surface area contributed by atoms with Crippen molar-refractivity contribution in [2.24, 2.45) is 0 Å². The lowest BCUT2D eigenvalue weighted by atomic mass is 10.3. The first kappa shape index (κ1) is 31.8. The Hall–Kier alpha value is -2.22. The zero-order valence-electron chi connectivity index (χ0n) is 20.3. The zero-order valence-corrected chi connectivity index (χ0v) is 22.0. The Morgan fingerprint density at radius 1 is 0.722 bits per heavy atom. The molecule has 0 bridgehead atoms. The van der Waals surface area contributed by atoms with Crippen LogP contribution in [0.1, 0.15) is 50.8 Å². The SMILES string of the molecule is CCCC[n+]1ccc(C)cc1.CCCC[n+]1ccc(S(=O)(=O)C(F)(F)F)c(S(=O)(=O)C(F)(F)F)c1C. The van der Waals surface area contributed by atoms with E-state index in [0.29, 0.717) is 12.8 Å². The van der Waals surface area contributed by atoms with Gasteiger partial charge in [0.25, 0.3) is 19.7 Å². The van der Waals surface area contributed by atoms with Crippen molar-refractivity contribution in [2.45, 2.75) is 87.3 Å². The van der Waals surface area contributed by atoms with Gasteiger partial charge in [-0.3, -0.25) is 0 Å². The summed E-state index contributed by atoms with van der Waals surface area (Å²) in [4.78, 5) is -3.85. The Balaban J connectivity index is 0.000000488. The number of alkyl halides is 6. The second-order valence-corrected chi connectivity index (χ2v) is 11.8. The number of sulfone groups is 2. The van der Waals surface area contributed by atoms with Gasteiger partial charge in [0.05, 0.1) is 0 Å². The topological polar surface area (TPSA) is 76.0 Å². The van der Waals surface area contributed by atoms with Gasteiger partial charge in [0, 0.05) is 38.0 Å². The predicted molar refractivity (Wildman–Crippen MR) is 119 cm³/mol. The minimum Gasteiger partial charge on any atom is -0.214 e. The van der Waals surface area contributed by atoms with E-state index in [1.807, 2.05) is 0 Å². The van der Waals surface area contributed by atoms with Crippen molar-refractivity contribution in [2.75, 3.05) is 0 Å². The number of halogens is 6. The normalized spacial score (nSPS) is 12.7. The highest BCUT2D eigenvalue weighted by Crippen LogP contribution is 2.39. The summed E-state index contributed by atoms with van der Waals surface area (Å²) in [6, 6.07) is 4.52. The average Bonchev–Trinajstić information content (AvgIpc) is 2.76. The van der Waals surface area contributed by atoms with Crippen LogP contribution in [0.25, 0.3) is 0 Å². The fourth-order valence-electron chi connectivity index (χ4n) is 3.03. The first-order valence-electron chi connectivity index (χ1n) is 11.0. The molecule has 0 saturated carbocycles. The third kappa shape index (κ3) is 7.64. The number of hydrogen-bond donors (Lipinski definition) is 0. The van der Waals surface area contributed by atoms with E-state index in [0.717, 1.165) is 24.2 Å². The molecule has 2 rings (SSSR count). The maximum absolute atomic E-state index is 12.9. The molecule has 0 unspecified atom stereocenters. The van der Waals surface area contributed by atoms with Gasteiger partial charge in [-0.1, -0.05) is 26.7 Å². The number of nitrogens with zero attached hydrogens (tertiary/aromatic N) is 2. The number of rotatable bonds is 8. The summed E-state index contributed by atoms with van der Waals surface area (Å²) in [7, 11) is -12.6. The lowest BCUT2D eigenvalue weighted by Gasteiger charge is -2.15. The van der Waals surface area contributed by atoms with Crippen molar-refractivity contribution in [3.05, 3.63) is 48.0 Å². The molecule has 0 N–H and O–H groups in total. The molecule has 2 aromatic heterocycles. The van der Waals surface area contributed by atoms with Crippen LogP contribution in [0, 0.1) is 13.8 Å². The number of pyridine rings is 2. The number of aryl methyl sites for hydroxylation is 3. The molecular weight excluding hydrogens is 534 g/mol. The Morgan fingerprint density at radius 3 is 1.64 bits per heavy atom. The first-order valence-corrected chi connectivity index (χ1v) is 14.0. The third-order valence-corrected chi connectivity index (χ3v) is 8.46. The van der Waals surface area contributed by atoms with Crippen LogP contribution >= 0.6 is 0 Å². The van der Waals surface area contributed by atoms with E-state index in [9.17, 15) is 43.2 Å². The first-order chi connectivity index (χ1) is 16.4. The fraction of sp³-hybridized carbons (Fsp3) is 0.545. The number of unbranched alkanes of at least 4 members (excludes halogenated alkanes) is 2. The van der Waals surface area contributed by atoms with Crippen LogP contribution in [0.15, 0.2) is 46.6 Å². The largest absolute Gasteiger partial charge is 0.502 e. The van der Waals surface area contributed by atoms with Crippen LogP contribution in [0.4, 0.5) is 26.3 Å². The highest BCUT2D eigenvalue weighted by atomic mass is 32.2. The lowest BCUT2D eigenvalue weighted by Crippen LogP contribution is -2.41. The van der Waals surface area contributed by atoms with Gasteiger partial charge in [0.1, 0.15) is 18.0 Å². The molecule has 2 aromatic rings. The van der Waals surface area contributed by atoms with Gasteiger partial charge in [-0.15, -0.1) is 0 Å². The predicted octanol–water partition coefficient (Wildman–Crippen LogP) is 4.75. The van der Waals surface area contributed by atoms with Gasteiger partial charge in [-0.05, 0) is 12.5 Å². The summed E-state index contributed by atoms with van der Waals surface area (Å²) in [5.74, 6) is 0. The van der Waals surface area contributed by atoms with E-state index in [4.69, 9.17) is 0 Å². The van der Waals surface area contributed by atoms with Crippen molar-refractivity contribution >= 4 is 19.7 Å². The molecular formula is C22H30F6N2O4S2+2. The van der Waals surface area contributed by atoms with Crippen LogP contribution in [0.3, 0.4) is 0 Å². The number of aromatic nitrogens is 2. The Bertz CT molecular complexity index is 1220. The van der Waals surface area contributed by atoms with Crippen molar-refractivity contribution in [1.82, 2.24) is 0 Å². The van der Waals surface area contributed by atoms with Gasteiger partial charge in [-0.2, -0.15) is 26.3 Å². The monoisotopic (exact) mass is 564 g/mol. The maximum Gasteiger partial charge on any atom is 0.502 e. The summed E-state index contributed by atoms with van der Waals surface area (Å²) >= 11 is 0. The van der Waals surface area contributed by atoms with Crippen molar-refractivity contribution in [1.29, 1.82) is 0 Å². The molecule has 0 aliphatic carbocycles. The van der Waals surface area contributed by atoms with Crippen LogP contribution in [0.5, 0.6) is 0 Å². The Morgan fingerprint density at radius 2 is 1.19 bits per heavy atom. The smallest absolute Gasteiger partial charge is 0.214 e. The van der Waals surface area contributed by atoms with E-state index >= 15 is 0 Å². The zero-order chi connectivity index (χ0) is 27.9. The Kier molecular flexibility index (Phi) is 10.9. The molecule has 0 radical (unpaired) electrons. The van der Waals surface area contributed by atoms with Crippen LogP contribution < -0.4 is 9.13 Å². The van der Waals surface area contributed by atoms with Gasteiger partial charge < -0.3 is 0 Å². The standard InChI is InChI=1S/C12H14F6NO4S2.C10H16N/c1-3-4-6-19-7-5-9(24(20,21)11(13,14)15)10(8(19)2)25(22,23)12(16,17)18;1-3-4-7-11-8-5-10(2)6-9-11/h5,7H,3-4,6H2,1-2H3;5-6,8-9H,3-4,7H2,1-2H3/q2*+1. The summed E-state index contributed by atoms with van der Waals surface area (Å²) in [6.07, 6.45) is 8.60. The molecule has 6 nitrogen and oxygen atoms in total. The van der Waals surface area contributed by atoms with E-state index < -0.39 is 46.2 Å². The van der Waals surface area contributed by atoms with Gasteiger partial charge in [0.15, 0.2) is 29.2 Å². The van der Waals surface area contributed by atoms with E-state index in [1.54, 1.807) is 6.92 Å². The van der Waals surface area contributed by atoms with E-state index in [-0.39, 0.29) is 12.6 Å². The molecule has 0 amide bonds. The van der Waals surface area contributed by atoms with Crippen LogP contribution in [-0.2, 0) is 32.8 Å². The van der Waals surface area contributed by atoms with Gasteiger partial charge in [-0.25, -0.2) is 26.0 Å². The van der Waals surface area contributed by atoms with Crippen molar-refractivity contribution in [3.63, 3.8) is 0 Å². The van der Waals surface area contributed by atoms with Crippen LogP contribution in [-0.4, -0.2) is 27.9 Å². The molecule has 0 fully saturated rings. The number of hydrogen-bond acceptors (Lipinski definition) is 4. The molecule has 0 aromatic carbocycles. The van der Waals surface area contributed by atoms with Crippen molar-refractivity contribution < 1.29 is 52.3 Å². The molecule has 0 atom stereocenters. The molecule has 14 heteroatoms. The highest BCUT2D eigenvalue weighted by Gasteiger charge is 2.56. The van der Waals surface area contributed by atoms with Gasteiger partial charge >= 0.3 is 11.0 Å². The second kappa shape index (κ2) is 12.3. The second-order valence-electron chi connectivity index (χ2n) is 8.01. The molecule has 204 valence electrons. The maximum atomic E-state index is 12.9. The summed E-state index contributed by atoms with van der Waals surface area (Å²) < 4.78 is 127. The Labute approximate surface area is 207 Å². The third-order valence-electron chi connectivity index (χ3n) is 5.14. The molecule has 0 spiro atoms. The van der Waals surface area contributed by atoms with Gasteiger partial charge in [0.2, 0.25) is 0 Å². The molecule has 0 saturated heterocycles. The summed E-state index contributed by atoms with van der Waals surface area (Å²) in [5.41, 5.74) is -11.3. The quantitative estimate of drug-likeness (QED) is 0.343. The molecule has 2 heterocycles. The molecule has 36 heavy (non-hydrogen) atoms. The van der Waals surface area contributed by atoms with E-state index in [2.05, 4.69) is 42.9 Å². The van der Waals surface area contributed by atoms with Crippen LogP contribution in [0.2, 0.25) is 0 Å². The molecule has 0 aliphatic rings. The van der Waals surface area contributed by atoms with Crippen molar-refractivity contribution in [3.8, 4) is 0 Å². The fourth-order valence-corrected chi connectivity index (χ4v) is 5.64. The molecule has 0 aliphatic heterocycles. The minimum absolute atomic E-state index is 0.00898. The average molecular weight is 565 g/mol.